The van der Waals surface area contributed by atoms with E-state index in [1.54, 1.807) is 30.3 Å². The van der Waals surface area contributed by atoms with Crippen molar-refractivity contribution in [3.8, 4) is 0 Å². The largest absolute Gasteiger partial charge is 0.355 e. The fraction of sp³-hybridized carbons (Fsp3) is 0.167. The highest BCUT2D eigenvalue weighted by molar-refractivity contribution is 6.08. The van der Waals surface area contributed by atoms with E-state index in [1.807, 2.05) is 69.3 Å². The van der Waals surface area contributed by atoms with Crippen molar-refractivity contribution in [2.45, 2.75) is 20.8 Å². The van der Waals surface area contributed by atoms with Gasteiger partial charge in [0, 0.05) is 22.5 Å². The van der Waals surface area contributed by atoms with E-state index in [4.69, 9.17) is 0 Å². The Morgan fingerprint density at radius 2 is 1.28 bits per heavy atom. The van der Waals surface area contributed by atoms with Crippen molar-refractivity contribution in [3.63, 3.8) is 0 Å². The van der Waals surface area contributed by atoms with Crippen LogP contribution in [-0.4, -0.2) is 11.8 Å². The molecule has 148 valence electrons. The molecule has 5 nitrogen and oxygen atoms in total. The van der Waals surface area contributed by atoms with Gasteiger partial charge in [-0.3, -0.25) is 9.59 Å². The number of rotatable bonds is 5. The molecule has 29 heavy (non-hydrogen) atoms. The smallest absolute Gasteiger partial charge is 0.257 e. The lowest BCUT2D eigenvalue weighted by Crippen LogP contribution is -2.27. The van der Waals surface area contributed by atoms with Crippen LogP contribution in [0, 0.1) is 5.41 Å². The van der Waals surface area contributed by atoms with Gasteiger partial charge < -0.3 is 16.0 Å². The van der Waals surface area contributed by atoms with Gasteiger partial charge in [-0.25, -0.2) is 0 Å². The van der Waals surface area contributed by atoms with Gasteiger partial charge in [0.1, 0.15) is 0 Å². The number of nitrogens with one attached hydrogen (secondary N) is 3. The van der Waals surface area contributed by atoms with Gasteiger partial charge in [-0.2, -0.15) is 0 Å². The summed E-state index contributed by atoms with van der Waals surface area (Å²) in [6.07, 6.45) is 0. The van der Waals surface area contributed by atoms with Crippen molar-refractivity contribution < 1.29 is 9.59 Å². The Balaban J connectivity index is 1.76. The zero-order valence-corrected chi connectivity index (χ0v) is 16.8. The second-order valence-electron chi connectivity index (χ2n) is 7.78. The fourth-order valence-electron chi connectivity index (χ4n) is 2.66. The van der Waals surface area contributed by atoms with E-state index >= 15 is 0 Å². The van der Waals surface area contributed by atoms with Crippen molar-refractivity contribution in [3.05, 3.63) is 84.4 Å². The average molecular weight is 387 g/mol. The van der Waals surface area contributed by atoms with E-state index in [2.05, 4.69) is 16.0 Å². The summed E-state index contributed by atoms with van der Waals surface area (Å²) >= 11 is 0. The third kappa shape index (κ3) is 5.45. The summed E-state index contributed by atoms with van der Waals surface area (Å²) in [6.45, 7) is 5.56. The van der Waals surface area contributed by atoms with Gasteiger partial charge in [0.15, 0.2) is 0 Å². The van der Waals surface area contributed by atoms with Gasteiger partial charge in [0.05, 0.1) is 11.3 Å². The molecule has 0 atom stereocenters. The van der Waals surface area contributed by atoms with Crippen molar-refractivity contribution >= 4 is 34.6 Å². The Bertz CT molecular complexity index is 1010. The lowest BCUT2D eigenvalue weighted by atomic mass is 9.95. The molecule has 5 heteroatoms. The van der Waals surface area contributed by atoms with E-state index in [1.165, 1.54) is 0 Å². The van der Waals surface area contributed by atoms with Crippen LogP contribution in [0.5, 0.6) is 0 Å². The molecule has 2 amide bonds. The molecule has 0 heterocycles. The van der Waals surface area contributed by atoms with E-state index in [9.17, 15) is 9.59 Å². The molecule has 3 rings (SSSR count). The molecule has 0 fully saturated rings. The van der Waals surface area contributed by atoms with Crippen LogP contribution >= 0.6 is 0 Å². The monoisotopic (exact) mass is 387 g/mol. The molecule has 0 spiro atoms. The minimum absolute atomic E-state index is 0.0848. The lowest BCUT2D eigenvalue weighted by Gasteiger charge is -2.18. The third-order valence-corrected chi connectivity index (χ3v) is 4.28. The minimum Gasteiger partial charge on any atom is -0.355 e. The highest BCUT2D eigenvalue weighted by Gasteiger charge is 2.21. The van der Waals surface area contributed by atoms with Crippen LogP contribution in [0.4, 0.5) is 22.7 Å². The maximum atomic E-state index is 12.9. The molecule has 0 unspecified atom stereocenters. The molecular weight excluding hydrogens is 362 g/mol. The lowest BCUT2D eigenvalue weighted by molar-refractivity contribution is -0.123. The van der Waals surface area contributed by atoms with Crippen LogP contribution < -0.4 is 16.0 Å². The maximum absolute atomic E-state index is 12.9. The molecule has 0 aliphatic carbocycles. The predicted octanol–water partition coefficient (Wildman–Crippen LogP) is 5.67. The van der Waals surface area contributed by atoms with E-state index in [0.717, 1.165) is 5.69 Å². The van der Waals surface area contributed by atoms with Crippen LogP contribution in [0.2, 0.25) is 0 Å². The van der Waals surface area contributed by atoms with Crippen LogP contribution in [0.3, 0.4) is 0 Å². The van der Waals surface area contributed by atoms with Crippen molar-refractivity contribution in [2.24, 2.45) is 5.41 Å². The highest BCUT2D eigenvalue weighted by atomic mass is 16.2. The summed E-state index contributed by atoms with van der Waals surface area (Å²) in [5.41, 5.74) is 2.89. The number of amides is 2. The molecule has 0 radical (unpaired) electrons. The van der Waals surface area contributed by atoms with Gasteiger partial charge in [-0.15, -0.1) is 0 Å². The Kier molecular flexibility index (Phi) is 5.98. The zero-order chi connectivity index (χ0) is 20.9. The molecule has 0 aliphatic heterocycles. The first-order valence-electron chi connectivity index (χ1n) is 9.47. The minimum atomic E-state index is -0.499. The molecule has 0 saturated carbocycles. The Morgan fingerprint density at radius 3 is 1.97 bits per heavy atom. The van der Waals surface area contributed by atoms with Crippen molar-refractivity contribution in [2.75, 3.05) is 16.0 Å². The molecule has 0 saturated heterocycles. The first kappa shape index (κ1) is 20.1. The molecule has 3 aromatic rings. The quantitative estimate of drug-likeness (QED) is 0.528. The first-order valence-corrected chi connectivity index (χ1v) is 9.47. The zero-order valence-electron chi connectivity index (χ0n) is 16.8. The molecule has 3 N–H and O–H groups in total. The number of para-hydroxylation sites is 2. The summed E-state index contributed by atoms with van der Waals surface area (Å²) in [5, 5.41) is 9.06. The topological polar surface area (TPSA) is 70.2 Å². The van der Waals surface area contributed by atoms with E-state index in [-0.39, 0.29) is 11.8 Å². The van der Waals surface area contributed by atoms with E-state index < -0.39 is 5.41 Å². The number of hydrogen-bond acceptors (Lipinski definition) is 3. The highest BCUT2D eigenvalue weighted by Crippen LogP contribution is 2.23. The predicted molar refractivity (Wildman–Crippen MR) is 119 cm³/mol. The number of carbonyl (C=O) groups excluding carboxylic acids is 2. The summed E-state index contributed by atoms with van der Waals surface area (Å²) < 4.78 is 0. The van der Waals surface area contributed by atoms with Crippen molar-refractivity contribution in [1.29, 1.82) is 0 Å². The molecule has 3 aromatic carbocycles. The SMILES string of the molecule is CC(C)(C)C(=O)Nc1cccc(NC(=O)c2ccccc2Nc2ccccc2)c1. The van der Waals surface area contributed by atoms with Crippen LogP contribution in [-0.2, 0) is 4.79 Å². The molecule has 0 bridgehead atoms. The van der Waals surface area contributed by atoms with Gasteiger partial charge in [0.2, 0.25) is 5.91 Å². The second kappa shape index (κ2) is 8.61. The van der Waals surface area contributed by atoms with Gasteiger partial charge in [-0.05, 0) is 42.5 Å². The number of carbonyl (C=O) groups is 2. The third-order valence-electron chi connectivity index (χ3n) is 4.28. The number of hydrogen-bond donors (Lipinski definition) is 3. The Labute approximate surface area is 171 Å². The fourth-order valence-corrected chi connectivity index (χ4v) is 2.66. The summed E-state index contributed by atoms with van der Waals surface area (Å²) in [4.78, 5) is 25.1. The van der Waals surface area contributed by atoms with Crippen LogP contribution in [0.25, 0.3) is 0 Å². The Morgan fingerprint density at radius 1 is 0.690 bits per heavy atom. The maximum Gasteiger partial charge on any atom is 0.257 e. The molecule has 0 aliphatic rings. The van der Waals surface area contributed by atoms with Gasteiger partial charge in [-0.1, -0.05) is 57.2 Å². The summed E-state index contributed by atoms with van der Waals surface area (Å²) in [6, 6.07) is 24.1. The van der Waals surface area contributed by atoms with Gasteiger partial charge in [0.25, 0.3) is 5.91 Å². The number of anilines is 4. The van der Waals surface area contributed by atoms with E-state index in [0.29, 0.717) is 22.6 Å². The summed E-state index contributed by atoms with van der Waals surface area (Å²) in [7, 11) is 0. The van der Waals surface area contributed by atoms with Crippen LogP contribution in [0.1, 0.15) is 31.1 Å². The first-order chi connectivity index (χ1) is 13.8. The summed E-state index contributed by atoms with van der Waals surface area (Å²) in [5.74, 6) is -0.318. The number of benzene rings is 3. The standard InChI is InChI=1S/C24H25N3O2/c1-24(2,3)23(29)27-19-13-9-12-18(16-19)26-22(28)20-14-7-8-15-21(20)25-17-10-5-4-6-11-17/h4-16,25H,1-3H3,(H,26,28)(H,27,29). The molecular formula is C24H25N3O2. The van der Waals surface area contributed by atoms with Crippen LogP contribution in [0.15, 0.2) is 78.9 Å². The normalized spacial score (nSPS) is 10.9. The van der Waals surface area contributed by atoms with Gasteiger partial charge >= 0.3 is 0 Å². The second-order valence-corrected chi connectivity index (χ2v) is 7.78. The average Bonchev–Trinajstić information content (AvgIpc) is 2.69. The Hall–Kier alpha value is -3.60. The van der Waals surface area contributed by atoms with Crippen molar-refractivity contribution in [1.82, 2.24) is 0 Å². The molecule has 0 aromatic heterocycles.